The van der Waals surface area contributed by atoms with Crippen molar-refractivity contribution in [1.82, 2.24) is 5.32 Å². The molecule has 0 radical (unpaired) electrons. The van der Waals surface area contributed by atoms with Crippen molar-refractivity contribution in [3.8, 4) is 11.5 Å². The van der Waals surface area contributed by atoms with E-state index in [4.69, 9.17) is 18.6 Å². The number of fused-ring (bicyclic) bond motifs is 1. The van der Waals surface area contributed by atoms with Gasteiger partial charge in [0.25, 0.3) is 5.91 Å². The molecule has 8 heteroatoms. The van der Waals surface area contributed by atoms with Crippen LogP contribution in [0.15, 0.2) is 52.9 Å². The smallest absolute Gasteiger partial charge is 0.328 e. The monoisotopic (exact) mass is 399 g/mol. The van der Waals surface area contributed by atoms with E-state index in [1.54, 1.807) is 37.4 Å². The van der Waals surface area contributed by atoms with E-state index in [1.165, 1.54) is 13.2 Å². The second-order valence-corrected chi connectivity index (χ2v) is 6.25. The van der Waals surface area contributed by atoms with Crippen molar-refractivity contribution in [3.05, 3.63) is 59.9 Å². The zero-order chi connectivity index (χ0) is 20.8. The van der Waals surface area contributed by atoms with Gasteiger partial charge in [-0.1, -0.05) is 12.1 Å². The van der Waals surface area contributed by atoms with Crippen LogP contribution in [0.3, 0.4) is 0 Å². The van der Waals surface area contributed by atoms with Crippen LogP contribution < -0.4 is 14.8 Å². The molecule has 8 nitrogen and oxygen atoms in total. The lowest BCUT2D eigenvalue weighted by Gasteiger charge is -2.14. The number of furan rings is 1. The lowest BCUT2D eigenvalue weighted by molar-refractivity contribution is -0.141. The van der Waals surface area contributed by atoms with Crippen molar-refractivity contribution in [1.29, 1.82) is 0 Å². The summed E-state index contributed by atoms with van der Waals surface area (Å²) in [6, 6.07) is 12.6. The molecule has 0 aliphatic rings. The zero-order valence-electron chi connectivity index (χ0n) is 16.0. The third-order valence-corrected chi connectivity index (χ3v) is 4.24. The summed E-state index contributed by atoms with van der Waals surface area (Å²) in [5.41, 5.74) is 1.32. The van der Waals surface area contributed by atoms with Gasteiger partial charge in [-0.2, -0.15) is 0 Å². The Morgan fingerprint density at radius 1 is 1.07 bits per heavy atom. The van der Waals surface area contributed by atoms with Crippen LogP contribution in [0.5, 0.6) is 11.5 Å². The minimum atomic E-state index is -1.23. The molecule has 0 spiro atoms. The number of hydrogen-bond donors (Lipinski definition) is 2. The predicted octanol–water partition coefficient (Wildman–Crippen LogP) is 2.85. The molecule has 1 heterocycles. The molecule has 0 fully saturated rings. The van der Waals surface area contributed by atoms with Gasteiger partial charge in [-0.3, -0.25) is 4.79 Å². The minimum absolute atomic E-state index is 0.00676. The van der Waals surface area contributed by atoms with E-state index in [-0.39, 0.29) is 19.0 Å². The van der Waals surface area contributed by atoms with Gasteiger partial charge in [-0.25, -0.2) is 4.79 Å². The van der Waals surface area contributed by atoms with E-state index < -0.39 is 17.9 Å². The summed E-state index contributed by atoms with van der Waals surface area (Å²) in [5, 5.41) is 12.5. The summed E-state index contributed by atoms with van der Waals surface area (Å²) in [7, 11) is 3.10. The van der Waals surface area contributed by atoms with Crippen LogP contribution in [-0.2, 0) is 16.1 Å². The van der Waals surface area contributed by atoms with Crippen molar-refractivity contribution in [2.45, 2.75) is 12.6 Å². The molecule has 3 rings (SSSR count). The Morgan fingerprint density at radius 3 is 2.55 bits per heavy atom. The molecule has 29 heavy (non-hydrogen) atoms. The van der Waals surface area contributed by atoms with Crippen molar-refractivity contribution in [2.24, 2.45) is 0 Å². The number of amides is 1. The number of rotatable bonds is 9. The van der Waals surface area contributed by atoms with E-state index in [1.807, 2.05) is 12.1 Å². The zero-order valence-corrected chi connectivity index (χ0v) is 16.0. The normalized spacial score (nSPS) is 11.8. The molecule has 0 aliphatic carbocycles. The first-order chi connectivity index (χ1) is 14.0. The predicted molar refractivity (Wildman–Crippen MR) is 104 cm³/mol. The molecule has 2 N–H and O–H groups in total. The molecule has 1 unspecified atom stereocenters. The molecule has 0 bridgehead atoms. The summed E-state index contributed by atoms with van der Waals surface area (Å²) < 4.78 is 21.2. The Hall–Kier alpha value is -3.52. The van der Waals surface area contributed by atoms with Crippen molar-refractivity contribution >= 4 is 22.8 Å². The van der Waals surface area contributed by atoms with E-state index >= 15 is 0 Å². The highest BCUT2D eigenvalue weighted by Crippen LogP contribution is 2.24. The van der Waals surface area contributed by atoms with Crippen LogP contribution in [0.1, 0.15) is 16.1 Å². The molecule has 1 aromatic heterocycles. The van der Waals surface area contributed by atoms with Crippen LogP contribution in [0.25, 0.3) is 11.0 Å². The lowest BCUT2D eigenvalue weighted by Crippen LogP contribution is -2.43. The molecule has 3 aromatic rings. The second-order valence-electron chi connectivity index (χ2n) is 6.25. The number of hydrogen-bond acceptors (Lipinski definition) is 6. The molecule has 0 aliphatic heterocycles. The van der Waals surface area contributed by atoms with Gasteiger partial charge in [0.05, 0.1) is 27.4 Å². The van der Waals surface area contributed by atoms with Crippen molar-refractivity contribution in [3.63, 3.8) is 0 Å². The van der Waals surface area contributed by atoms with Crippen LogP contribution in [0, 0.1) is 0 Å². The molecule has 2 aromatic carbocycles. The van der Waals surface area contributed by atoms with Crippen molar-refractivity contribution in [2.75, 3.05) is 20.8 Å². The van der Waals surface area contributed by atoms with E-state index in [9.17, 15) is 14.7 Å². The highest BCUT2D eigenvalue weighted by atomic mass is 16.5. The quantitative estimate of drug-likeness (QED) is 0.570. The maximum atomic E-state index is 12.4. The SMILES string of the molecule is COc1cccc(COCC(NC(=O)c2cc3cc(OC)ccc3o2)C(=O)O)c1. The van der Waals surface area contributed by atoms with Gasteiger partial charge < -0.3 is 29.1 Å². The Balaban J connectivity index is 1.62. The van der Waals surface area contributed by atoms with E-state index in [0.717, 1.165) is 5.56 Å². The topological polar surface area (TPSA) is 107 Å². The molecule has 1 atom stereocenters. The highest BCUT2D eigenvalue weighted by Gasteiger charge is 2.23. The number of benzene rings is 2. The average Bonchev–Trinajstić information content (AvgIpc) is 3.16. The minimum Gasteiger partial charge on any atom is -0.497 e. The Kier molecular flexibility index (Phi) is 6.36. The van der Waals surface area contributed by atoms with Gasteiger partial charge in [0.1, 0.15) is 17.1 Å². The number of carboxylic acids is 1. The number of carboxylic acid groups (broad SMARTS) is 1. The maximum absolute atomic E-state index is 12.4. The van der Waals surface area contributed by atoms with Gasteiger partial charge in [0.2, 0.25) is 0 Å². The summed E-state index contributed by atoms with van der Waals surface area (Å²) in [5.74, 6) is -0.540. The Bertz CT molecular complexity index is 1010. The first-order valence-corrected chi connectivity index (χ1v) is 8.82. The Morgan fingerprint density at radius 2 is 1.83 bits per heavy atom. The highest BCUT2D eigenvalue weighted by molar-refractivity contribution is 5.98. The van der Waals surface area contributed by atoms with E-state index in [0.29, 0.717) is 22.5 Å². The molecule has 1 amide bonds. The van der Waals surface area contributed by atoms with Gasteiger partial charge in [0.15, 0.2) is 11.8 Å². The number of carbonyl (C=O) groups is 2. The van der Waals surface area contributed by atoms with Gasteiger partial charge in [-0.15, -0.1) is 0 Å². The molecular formula is C21H21NO7. The first kappa shape index (κ1) is 20.2. The third-order valence-electron chi connectivity index (χ3n) is 4.24. The average molecular weight is 399 g/mol. The number of carbonyl (C=O) groups excluding carboxylic acids is 1. The van der Waals surface area contributed by atoms with Crippen LogP contribution in [-0.4, -0.2) is 43.9 Å². The molecule has 0 saturated carbocycles. The fraction of sp³-hybridized carbons (Fsp3) is 0.238. The molecule has 0 saturated heterocycles. The molecule has 152 valence electrons. The van der Waals surface area contributed by atoms with Crippen LogP contribution in [0.2, 0.25) is 0 Å². The van der Waals surface area contributed by atoms with Gasteiger partial charge in [0, 0.05) is 5.39 Å². The Labute approximate surface area is 167 Å². The third kappa shape index (κ3) is 5.05. The summed E-state index contributed by atoms with van der Waals surface area (Å²) in [6.07, 6.45) is 0. The summed E-state index contributed by atoms with van der Waals surface area (Å²) >= 11 is 0. The number of ether oxygens (including phenoxy) is 3. The number of methoxy groups -OCH3 is 2. The van der Waals surface area contributed by atoms with Gasteiger partial charge >= 0.3 is 5.97 Å². The number of aliphatic carboxylic acids is 1. The van der Waals surface area contributed by atoms with Crippen LogP contribution in [0.4, 0.5) is 0 Å². The maximum Gasteiger partial charge on any atom is 0.328 e. The molecular weight excluding hydrogens is 378 g/mol. The fourth-order valence-electron chi connectivity index (χ4n) is 2.72. The van der Waals surface area contributed by atoms with Gasteiger partial charge in [-0.05, 0) is 42.0 Å². The second kappa shape index (κ2) is 9.11. The standard InChI is InChI=1S/C21H21NO7/c1-26-15-5-3-4-13(8-15)11-28-12-17(21(24)25)22-20(23)19-10-14-9-16(27-2)6-7-18(14)29-19/h3-10,17H,11-12H2,1-2H3,(H,22,23)(H,24,25). The summed E-state index contributed by atoms with van der Waals surface area (Å²) in [6.45, 7) is -0.0202. The number of nitrogens with one attached hydrogen (secondary N) is 1. The van der Waals surface area contributed by atoms with Crippen LogP contribution >= 0.6 is 0 Å². The fourth-order valence-corrected chi connectivity index (χ4v) is 2.72. The lowest BCUT2D eigenvalue weighted by atomic mass is 10.2. The van der Waals surface area contributed by atoms with Crippen molar-refractivity contribution < 1.29 is 33.3 Å². The first-order valence-electron chi connectivity index (χ1n) is 8.82. The largest absolute Gasteiger partial charge is 0.497 e. The summed E-state index contributed by atoms with van der Waals surface area (Å²) in [4.78, 5) is 23.9. The van der Waals surface area contributed by atoms with E-state index in [2.05, 4.69) is 5.32 Å².